The largest absolute Gasteiger partial charge is 0.452 e. The zero-order valence-corrected chi connectivity index (χ0v) is 13.6. The molecule has 11 heteroatoms. The Kier molecular flexibility index (Phi) is 5.26. The van der Waals surface area contributed by atoms with Gasteiger partial charge in [-0.2, -0.15) is 13.2 Å². The van der Waals surface area contributed by atoms with Crippen LogP contribution in [0.3, 0.4) is 0 Å². The number of alkyl halides is 3. The van der Waals surface area contributed by atoms with Crippen LogP contribution in [-0.4, -0.2) is 44.4 Å². The molecule has 1 fully saturated rings. The first-order valence-corrected chi connectivity index (χ1v) is 8.94. The van der Waals surface area contributed by atoms with Gasteiger partial charge < -0.3 is 15.8 Å². The fourth-order valence-corrected chi connectivity index (χ4v) is 3.99. The van der Waals surface area contributed by atoms with Crippen molar-refractivity contribution >= 4 is 27.4 Å². The van der Waals surface area contributed by atoms with Crippen molar-refractivity contribution in [1.29, 1.82) is 0 Å². The standard InChI is InChI=1S/C14H15F3N2O5S/c15-14(16,17)8-1-2-10(11(18)5-8)13(21)24-6-12(20)19-9-3-4-25(22,23)7-9/h1-2,5,9H,3-4,6-7,18H2,(H,19,20)/t9-/m1/s1. The number of nitrogen functional groups attached to an aromatic ring is 1. The average molecular weight is 380 g/mol. The Morgan fingerprint density at radius 3 is 2.52 bits per heavy atom. The number of nitrogens with two attached hydrogens (primary N) is 1. The molecule has 138 valence electrons. The van der Waals surface area contributed by atoms with E-state index in [1.807, 2.05) is 0 Å². The number of carbonyl (C=O) groups excluding carboxylic acids is 2. The van der Waals surface area contributed by atoms with E-state index in [4.69, 9.17) is 10.5 Å². The summed E-state index contributed by atoms with van der Waals surface area (Å²) < 4.78 is 64.9. The predicted molar refractivity (Wildman–Crippen MR) is 81.3 cm³/mol. The lowest BCUT2D eigenvalue weighted by molar-refractivity contribution is -0.137. The SMILES string of the molecule is Nc1cc(C(F)(F)F)ccc1C(=O)OCC(=O)N[C@@H]1CCS(=O)(=O)C1. The van der Waals surface area contributed by atoms with Crippen molar-refractivity contribution in [2.24, 2.45) is 0 Å². The molecule has 3 N–H and O–H groups in total. The van der Waals surface area contributed by atoms with Crippen LogP contribution in [0.5, 0.6) is 0 Å². The summed E-state index contributed by atoms with van der Waals surface area (Å²) in [4.78, 5) is 23.5. The van der Waals surface area contributed by atoms with Gasteiger partial charge in [-0.3, -0.25) is 4.79 Å². The van der Waals surface area contributed by atoms with Crippen molar-refractivity contribution in [2.75, 3.05) is 23.8 Å². The third-order valence-corrected chi connectivity index (χ3v) is 5.30. The maximum Gasteiger partial charge on any atom is 0.416 e. The topological polar surface area (TPSA) is 116 Å². The number of sulfone groups is 1. The Morgan fingerprint density at radius 2 is 2.00 bits per heavy atom. The fourth-order valence-electron chi connectivity index (χ4n) is 2.31. The molecule has 25 heavy (non-hydrogen) atoms. The van der Waals surface area contributed by atoms with Gasteiger partial charge in [-0.1, -0.05) is 0 Å². The van der Waals surface area contributed by atoms with E-state index in [-0.39, 0.29) is 23.5 Å². The van der Waals surface area contributed by atoms with Crippen molar-refractivity contribution in [3.05, 3.63) is 29.3 Å². The zero-order chi connectivity index (χ0) is 18.8. The zero-order valence-electron chi connectivity index (χ0n) is 12.8. The van der Waals surface area contributed by atoms with Crippen LogP contribution in [-0.2, 0) is 25.5 Å². The van der Waals surface area contributed by atoms with Crippen molar-refractivity contribution in [2.45, 2.75) is 18.6 Å². The second-order valence-electron chi connectivity index (χ2n) is 5.54. The minimum Gasteiger partial charge on any atom is -0.452 e. The third-order valence-electron chi connectivity index (χ3n) is 3.53. The number of ether oxygens (including phenoxy) is 1. The quantitative estimate of drug-likeness (QED) is 0.588. The van der Waals surface area contributed by atoms with Crippen LogP contribution < -0.4 is 11.1 Å². The summed E-state index contributed by atoms with van der Waals surface area (Å²) in [5.41, 5.74) is 3.68. The molecular weight excluding hydrogens is 365 g/mol. The third kappa shape index (κ3) is 5.08. The molecule has 0 radical (unpaired) electrons. The number of hydrogen-bond donors (Lipinski definition) is 2. The van der Waals surface area contributed by atoms with E-state index in [0.717, 1.165) is 6.07 Å². The number of anilines is 1. The van der Waals surface area contributed by atoms with Crippen LogP contribution >= 0.6 is 0 Å². The number of halogens is 3. The molecule has 0 bridgehead atoms. The first-order chi connectivity index (χ1) is 11.5. The van der Waals surface area contributed by atoms with Gasteiger partial charge in [-0.25, -0.2) is 13.2 Å². The molecule has 2 rings (SSSR count). The highest BCUT2D eigenvalue weighted by Crippen LogP contribution is 2.31. The summed E-state index contributed by atoms with van der Waals surface area (Å²) in [5.74, 6) is -1.97. The number of benzene rings is 1. The van der Waals surface area contributed by atoms with Crippen LogP contribution in [0.4, 0.5) is 18.9 Å². The van der Waals surface area contributed by atoms with Gasteiger partial charge in [0.1, 0.15) is 0 Å². The fraction of sp³-hybridized carbons (Fsp3) is 0.429. The van der Waals surface area contributed by atoms with Gasteiger partial charge in [-0.15, -0.1) is 0 Å². The number of hydrogen-bond acceptors (Lipinski definition) is 6. The second kappa shape index (κ2) is 6.90. The van der Waals surface area contributed by atoms with Gasteiger partial charge in [-0.05, 0) is 24.6 Å². The molecule has 1 aromatic carbocycles. The van der Waals surface area contributed by atoms with Gasteiger partial charge in [0.25, 0.3) is 5.91 Å². The summed E-state index contributed by atoms with van der Waals surface area (Å²) in [6.45, 7) is -0.699. The number of nitrogens with one attached hydrogen (secondary N) is 1. The van der Waals surface area contributed by atoms with E-state index in [9.17, 15) is 31.2 Å². The maximum atomic E-state index is 12.5. The molecule has 1 atom stereocenters. The molecule has 1 aliphatic rings. The molecule has 0 unspecified atom stereocenters. The summed E-state index contributed by atoms with van der Waals surface area (Å²) in [5, 5.41) is 2.41. The molecule has 1 aromatic rings. The first kappa shape index (κ1) is 19.0. The minimum absolute atomic E-state index is 0.0280. The van der Waals surface area contributed by atoms with Gasteiger partial charge in [0.05, 0.1) is 22.6 Å². The Bertz CT molecular complexity index is 792. The smallest absolute Gasteiger partial charge is 0.416 e. The van der Waals surface area contributed by atoms with Crippen LogP contribution in [0, 0.1) is 0 Å². The Labute approximate surface area is 141 Å². The number of esters is 1. The summed E-state index contributed by atoms with van der Waals surface area (Å²) in [6, 6.07) is 1.59. The van der Waals surface area contributed by atoms with Crippen molar-refractivity contribution in [3.8, 4) is 0 Å². The minimum atomic E-state index is -4.60. The Hall–Kier alpha value is -2.30. The highest BCUT2D eigenvalue weighted by Gasteiger charge is 2.32. The Morgan fingerprint density at radius 1 is 1.32 bits per heavy atom. The summed E-state index contributed by atoms with van der Waals surface area (Å²) in [6.07, 6.45) is -4.33. The highest BCUT2D eigenvalue weighted by atomic mass is 32.2. The van der Waals surface area contributed by atoms with Crippen molar-refractivity contribution in [3.63, 3.8) is 0 Å². The lowest BCUT2D eigenvalue weighted by Gasteiger charge is -2.12. The van der Waals surface area contributed by atoms with Crippen molar-refractivity contribution < 1.29 is 35.9 Å². The van der Waals surface area contributed by atoms with Crippen LogP contribution in [0.1, 0.15) is 22.3 Å². The van der Waals surface area contributed by atoms with Crippen LogP contribution in [0.2, 0.25) is 0 Å². The van der Waals surface area contributed by atoms with E-state index >= 15 is 0 Å². The van der Waals surface area contributed by atoms with Gasteiger partial charge in [0, 0.05) is 11.7 Å². The first-order valence-electron chi connectivity index (χ1n) is 7.11. The Balaban J connectivity index is 1.91. The second-order valence-corrected chi connectivity index (χ2v) is 7.77. The molecule has 1 heterocycles. The van der Waals surface area contributed by atoms with E-state index in [1.54, 1.807) is 0 Å². The number of carbonyl (C=O) groups is 2. The van der Waals surface area contributed by atoms with E-state index in [2.05, 4.69) is 5.32 Å². The summed E-state index contributed by atoms with van der Waals surface area (Å²) >= 11 is 0. The molecule has 7 nitrogen and oxygen atoms in total. The molecular formula is C14H15F3N2O5S. The number of rotatable bonds is 4. The average Bonchev–Trinajstić information content (AvgIpc) is 2.82. The molecule has 0 aliphatic carbocycles. The lowest BCUT2D eigenvalue weighted by atomic mass is 10.1. The lowest BCUT2D eigenvalue weighted by Crippen LogP contribution is -2.38. The van der Waals surface area contributed by atoms with Crippen LogP contribution in [0.25, 0.3) is 0 Å². The van der Waals surface area contributed by atoms with Crippen molar-refractivity contribution in [1.82, 2.24) is 5.32 Å². The number of amides is 1. The molecule has 0 saturated carbocycles. The monoisotopic (exact) mass is 380 g/mol. The summed E-state index contributed by atoms with van der Waals surface area (Å²) in [7, 11) is -3.17. The van der Waals surface area contributed by atoms with E-state index in [0.29, 0.717) is 12.1 Å². The normalized spacial score (nSPS) is 19.4. The van der Waals surface area contributed by atoms with Gasteiger partial charge in [0.15, 0.2) is 16.4 Å². The highest BCUT2D eigenvalue weighted by molar-refractivity contribution is 7.91. The van der Waals surface area contributed by atoms with E-state index < -0.39 is 51.8 Å². The molecule has 1 saturated heterocycles. The predicted octanol–water partition coefficient (Wildman–Crippen LogP) is 0.748. The molecule has 0 spiro atoms. The van der Waals surface area contributed by atoms with E-state index in [1.165, 1.54) is 0 Å². The molecule has 0 aromatic heterocycles. The van der Waals surface area contributed by atoms with Crippen LogP contribution in [0.15, 0.2) is 18.2 Å². The van der Waals surface area contributed by atoms with Gasteiger partial charge >= 0.3 is 12.1 Å². The van der Waals surface area contributed by atoms with Gasteiger partial charge in [0.2, 0.25) is 0 Å². The molecule has 1 amide bonds. The molecule has 1 aliphatic heterocycles. The maximum absolute atomic E-state index is 12.5.